The van der Waals surface area contributed by atoms with Gasteiger partial charge in [0.15, 0.2) is 34.6 Å². The lowest BCUT2D eigenvalue weighted by atomic mass is 9.59. The lowest BCUT2D eigenvalue weighted by molar-refractivity contribution is -0.128. The second kappa shape index (κ2) is 13.1. The molecule has 2 aromatic heterocycles. The molecular weight excluding hydrogens is 844 g/mol. The highest BCUT2D eigenvalue weighted by molar-refractivity contribution is 9.10. The summed E-state index contributed by atoms with van der Waals surface area (Å²) < 4.78 is 21.2. The minimum Gasteiger partial charge on any atom is -0.504 e. The number of phenols is 1. The fourth-order valence-corrected chi connectivity index (χ4v) is 9.58. The van der Waals surface area contributed by atoms with Crippen molar-refractivity contribution >= 4 is 84.9 Å². The van der Waals surface area contributed by atoms with Gasteiger partial charge >= 0.3 is 11.4 Å². The molecule has 7 rings (SSSR count). The first kappa shape index (κ1) is 37.3. The highest BCUT2D eigenvalue weighted by Crippen LogP contribution is 2.65. The number of fused-ring (bicyclic) bond motifs is 5. The molecule has 1 fully saturated rings. The Balaban J connectivity index is 1.36. The van der Waals surface area contributed by atoms with Crippen LogP contribution >= 0.6 is 62.3 Å². The Labute approximate surface area is 327 Å². The lowest BCUT2D eigenvalue weighted by Crippen LogP contribution is -2.67. The number of alkyl halides is 2. The minimum absolute atomic E-state index is 0.00820. The van der Waals surface area contributed by atoms with Crippen LogP contribution in [0.1, 0.15) is 29.6 Å². The maximum absolute atomic E-state index is 14.3. The van der Waals surface area contributed by atoms with Crippen molar-refractivity contribution in [3.63, 3.8) is 0 Å². The second-order valence-corrected chi connectivity index (χ2v) is 15.6. The van der Waals surface area contributed by atoms with Crippen molar-refractivity contribution in [3.05, 3.63) is 93.0 Å². The first-order valence-electron chi connectivity index (χ1n) is 15.9. The number of aromatic hydroxyl groups is 1. The van der Waals surface area contributed by atoms with E-state index in [-0.39, 0.29) is 36.5 Å². The molecule has 2 aliphatic carbocycles. The Morgan fingerprint density at radius 2 is 1.57 bits per heavy atom. The normalized spacial score (nSPS) is 23.8. The third kappa shape index (κ3) is 5.18. The molecule has 1 N–H and O–H groups in total. The molecule has 1 saturated carbocycles. The fraction of sp³-hybridized carbons (Fsp3) is 0.353. The summed E-state index contributed by atoms with van der Waals surface area (Å²) in [6, 6.07) is 5.06. The zero-order chi connectivity index (χ0) is 38.5. The van der Waals surface area contributed by atoms with Gasteiger partial charge in [-0.2, -0.15) is 0 Å². The molecule has 3 aliphatic rings. The van der Waals surface area contributed by atoms with Gasteiger partial charge in [-0.15, -0.1) is 23.2 Å². The zero-order valence-electron chi connectivity index (χ0n) is 28.2. The number of methoxy groups -OCH3 is 3. The van der Waals surface area contributed by atoms with Gasteiger partial charge in [0.25, 0.3) is 5.56 Å². The lowest BCUT2D eigenvalue weighted by Gasteiger charge is -2.54. The van der Waals surface area contributed by atoms with Crippen LogP contribution in [-0.4, -0.2) is 71.2 Å². The van der Waals surface area contributed by atoms with Crippen LogP contribution in [0.4, 0.5) is 0 Å². The number of hydrogen-bond donors (Lipinski definition) is 1. The van der Waals surface area contributed by atoms with E-state index in [1.165, 1.54) is 42.7 Å². The second-order valence-electron chi connectivity index (χ2n) is 12.7. The number of carbonyl (C=O) groups is 2. The molecule has 2 aromatic carbocycles. The quantitative estimate of drug-likeness (QED) is 0.210. The standard InChI is InChI=1S/C34H28BrCl4N5O9/c1-41-19-12-22(52-3)21(51-2)11-18(19)40-17(30(41)48)6-7-42-31(49)43-8-5-15-20(44(43)32(42)50)13-33(38)28(46)25(36)26(37)29(47)34(33,39)24(15)16-9-14(35)10-23(53-4)27(16)45/h5,9-12,20,24,45H,6-8,13H2,1-4H3/t20-,24-,33-,34+/m1/s1. The molecular formula is C34H28BrCl4N5O9. The van der Waals surface area contributed by atoms with E-state index in [4.69, 9.17) is 60.6 Å². The Kier molecular flexibility index (Phi) is 9.21. The average Bonchev–Trinajstić information content (AvgIpc) is 3.39. The molecule has 53 heavy (non-hydrogen) atoms. The molecule has 278 valence electrons. The Morgan fingerprint density at radius 1 is 0.925 bits per heavy atom. The number of benzene rings is 2. The van der Waals surface area contributed by atoms with Gasteiger partial charge in [-0.1, -0.05) is 45.2 Å². The Morgan fingerprint density at radius 3 is 2.23 bits per heavy atom. The number of aryl methyl sites for hydroxylation is 2. The van der Waals surface area contributed by atoms with Crippen LogP contribution < -0.4 is 31.1 Å². The number of phenolic OH excluding ortho intramolecular Hbond substituents is 1. The SMILES string of the molecule is COc1cc2nc(CCn3c(=O)n4n(c3=O)[C@@H]3C[C@@]5(Cl)C(=O)C(Cl)=C(Cl)C(=O)[C@@]5(Cl)[C@@H](c5cc(Br)cc(OC)c5O)C3=CC4)c(=O)n(C)c2cc1OC. The number of halogens is 5. The van der Waals surface area contributed by atoms with E-state index in [0.717, 1.165) is 9.25 Å². The van der Waals surface area contributed by atoms with E-state index < -0.39 is 72.4 Å². The average molecular weight is 872 g/mol. The van der Waals surface area contributed by atoms with E-state index in [2.05, 4.69) is 20.9 Å². The van der Waals surface area contributed by atoms with Crippen LogP contribution in [0.3, 0.4) is 0 Å². The van der Waals surface area contributed by atoms with E-state index in [0.29, 0.717) is 32.6 Å². The molecule has 4 atom stereocenters. The van der Waals surface area contributed by atoms with Crippen LogP contribution in [-0.2, 0) is 36.1 Å². The number of allylic oxidation sites excluding steroid dienone is 4. The van der Waals surface area contributed by atoms with Crippen molar-refractivity contribution in [2.75, 3.05) is 21.3 Å². The third-order valence-electron chi connectivity index (χ3n) is 10.2. The summed E-state index contributed by atoms with van der Waals surface area (Å²) in [6.45, 7) is -0.407. The predicted molar refractivity (Wildman–Crippen MR) is 199 cm³/mol. The van der Waals surface area contributed by atoms with Crippen molar-refractivity contribution in [2.45, 2.75) is 47.6 Å². The molecule has 4 aromatic rings. The van der Waals surface area contributed by atoms with E-state index in [1.807, 2.05) is 0 Å². The van der Waals surface area contributed by atoms with Gasteiger partial charge in [-0.25, -0.2) is 28.5 Å². The van der Waals surface area contributed by atoms with Crippen LogP contribution in [0.15, 0.2) is 64.8 Å². The molecule has 0 amide bonds. The van der Waals surface area contributed by atoms with Gasteiger partial charge in [-0.05, 0) is 17.7 Å². The maximum Gasteiger partial charge on any atom is 0.347 e. The Hall–Kier alpha value is -4.02. The van der Waals surface area contributed by atoms with Gasteiger partial charge in [0.05, 0.1) is 44.9 Å². The summed E-state index contributed by atoms with van der Waals surface area (Å²) in [7, 11) is 5.83. The topological polar surface area (TPSA) is 166 Å². The summed E-state index contributed by atoms with van der Waals surface area (Å²) in [4.78, 5) is 69.4. The number of nitrogens with zero attached hydrogens (tertiary/aromatic N) is 5. The summed E-state index contributed by atoms with van der Waals surface area (Å²) in [5.41, 5.74) is -0.625. The monoisotopic (exact) mass is 869 g/mol. The number of ketones is 2. The molecule has 0 saturated heterocycles. The largest absolute Gasteiger partial charge is 0.504 e. The number of carbonyl (C=O) groups excluding carboxylic acids is 2. The molecule has 0 bridgehead atoms. The van der Waals surface area contributed by atoms with Crippen molar-refractivity contribution in [1.82, 2.24) is 23.5 Å². The van der Waals surface area contributed by atoms with Crippen LogP contribution in [0, 0.1) is 0 Å². The number of hydrogen-bond acceptors (Lipinski definition) is 10. The number of ether oxygens (including phenoxy) is 3. The molecule has 0 radical (unpaired) electrons. The molecule has 3 heterocycles. The highest BCUT2D eigenvalue weighted by Gasteiger charge is 2.72. The van der Waals surface area contributed by atoms with Crippen molar-refractivity contribution in [3.8, 4) is 23.0 Å². The summed E-state index contributed by atoms with van der Waals surface area (Å²) >= 11 is 30.4. The zero-order valence-corrected chi connectivity index (χ0v) is 32.8. The van der Waals surface area contributed by atoms with Gasteiger partial charge in [0.2, 0.25) is 0 Å². The minimum atomic E-state index is -2.35. The number of aromatic nitrogens is 5. The van der Waals surface area contributed by atoms with Crippen molar-refractivity contribution < 1.29 is 28.9 Å². The smallest absolute Gasteiger partial charge is 0.347 e. The summed E-state index contributed by atoms with van der Waals surface area (Å²) in [5.74, 6) is -2.92. The summed E-state index contributed by atoms with van der Waals surface area (Å²) in [5, 5.41) is 10.2. The molecule has 0 spiro atoms. The maximum atomic E-state index is 14.3. The van der Waals surface area contributed by atoms with E-state index in [1.54, 1.807) is 25.3 Å². The first-order valence-corrected chi connectivity index (χ1v) is 18.2. The summed E-state index contributed by atoms with van der Waals surface area (Å²) in [6.07, 6.45) is 1.03. The fourth-order valence-electron chi connectivity index (χ4n) is 7.61. The highest BCUT2D eigenvalue weighted by atomic mass is 79.9. The van der Waals surface area contributed by atoms with Gasteiger partial charge in [0, 0.05) is 54.5 Å². The number of Topliss-reactive ketones (excluding diaryl/α,β-unsaturated/α-hetero) is 2. The van der Waals surface area contributed by atoms with Crippen molar-refractivity contribution in [2.24, 2.45) is 7.05 Å². The third-order valence-corrected chi connectivity index (χ3v) is 12.9. The van der Waals surface area contributed by atoms with Gasteiger partial charge in [-0.3, -0.25) is 14.4 Å². The van der Waals surface area contributed by atoms with Gasteiger partial charge < -0.3 is 23.9 Å². The van der Waals surface area contributed by atoms with E-state index in [9.17, 15) is 29.1 Å². The molecule has 1 aliphatic heterocycles. The first-order chi connectivity index (χ1) is 25.0. The van der Waals surface area contributed by atoms with Gasteiger partial charge in [0.1, 0.15) is 25.5 Å². The molecule has 0 unspecified atom stereocenters. The molecule has 19 heteroatoms. The van der Waals surface area contributed by atoms with Crippen LogP contribution in [0.2, 0.25) is 0 Å². The van der Waals surface area contributed by atoms with Crippen LogP contribution in [0.5, 0.6) is 23.0 Å². The van der Waals surface area contributed by atoms with Crippen molar-refractivity contribution in [1.29, 1.82) is 0 Å². The molecule has 14 nitrogen and oxygen atoms in total. The Bertz CT molecular complexity index is 2560. The predicted octanol–water partition coefficient (Wildman–Crippen LogP) is 4.26. The number of rotatable bonds is 7. The van der Waals surface area contributed by atoms with E-state index >= 15 is 0 Å². The van der Waals surface area contributed by atoms with Crippen LogP contribution in [0.25, 0.3) is 11.0 Å².